The average molecular weight is 617 g/mol. The number of likely N-dealkylation sites (N-methyl/N-ethyl adjacent to an activating group) is 1. The van der Waals surface area contributed by atoms with E-state index in [-0.39, 0.29) is 12.4 Å². The van der Waals surface area contributed by atoms with Gasteiger partial charge in [-0.05, 0) is 35.4 Å². The van der Waals surface area contributed by atoms with Crippen LogP contribution < -0.4 is 5.48 Å². The Morgan fingerprint density at radius 3 is 1.59 bits per heavy atom. The summed E-state index contributed by atoms with van der Waals surface area (Å²) in [5.41, 5.74) is 2.48. The number of carbonyl (C=O) groups is 2. The molecule has 0 aromatic heterocycles. The number of ether oxygens (including phenoxy) is 1. The Balaban J connectivity index is 0.000000244. The minimum atomic E-state index is -1.80. The fourth-order valence-electron chi connectivity index (χ4n) is 4.67. The smallest absolute Gasteiger partial charge is 0.347 e. The summed E-state index contributed by atoms with van der Waals surface area (Å²) in [5.74, 6) is -1.54. The number of carbonyl (C=O) groups excluding carboxylic acids is 2. The molecule has 1 amide bonds. The average Bonchev–Trinajstić information content (AvgIpc) is 3.08. The van der Waals surface area contributed by atoms with Gasteiger partial charge >= 0.3 is 5.97 Å². The quantitative estimate of drug-likeness (QED) is 0.0851. The summed E-state index contributed by atoms with van der Waals surface area (Å²) >= 11 is -1.46. The molecule has 0 radical (unpaired) electrons. The molecule has 4 rings (SSSR count). The van der Waals surface area contributed by atoms with Crippen LogP contribution in [0, 0.1) is 0 Å². The molecule has 0 saturated carbocycles. The first-order valence-corrected chi connectivity index (χ1v) is 15.9. The molecule has 0 aliphatic carbocycles. The summed E-state index contributed by atoms with van der Waals surface area (Å²) < 4.78 is 17.9. The van der Waals surface area contributed by atoms with E-state index in [1.807, 2.05) is 72.8 Å². The lowest BCUT2D eigenvalue weighted by molar-refractivity contribution is -0.162. The van der Waals surface area contributed by atoms with Crippen LogP contribution in [0.1, 0.15) is 41.4 Å². The molecule has 1 atom stereocenters. The molecule has 3 N–H and O–H groups in total. The van der Waals surface area contributed by atoms with Crippen LogP contribution in [-0.4, -0.2) is 63.6 Å². The van der Waals surface area contributed by atoms with Crippen LogP contribution in [0.3, 0.4) is 0 Å². The third kappa shape index (κ3) is 9.51. The zero-order valence-electron chi connectivity index (χ0n) is 25.0. The second-order valence-electron chi connectivity index (χ2n) is 9.87. The van der Waals surface area contributed by atoms with Gasteiger partial charge in [-0.1, -0.05) is 135 Å². The highest BCUT2D eigenvalue weighted by Crippen LogP contribution is 2.32. The summed E-state index contributed by atoms with van der Waals surface area (Å²) in [6, 6.07) is 36.6. The van der Waals surface area contributed by atoms with Crippen molar-refractivity contribution in [2.45, 2.75) is 24.7 Å². The zero-order chi connectivity index (χ0) is 31.8. The third-order valence-corrected chi connectivity index (χ3v) is 8.70. The number of hydroxylamine groups is 1. The number of rotatable bonds is 13. The lowest BCUT2D eigenvalue weighted by Gasteiger charge is -2.27. The summed E-state index contributed by atoms with van der Waals surface area (Å²) in [7, 11) is 0. The Labute approximate surface area is 262 Å². The van der Waals surface area contributed by atoms with Crippen LogP contribution in [0.15, 0.2) is 121 Å². The maximum absolute atomic E-state index is 12.7. The van der Waals surface area contributed by atoms with Crippen molar-refractivity contribution in [3.05, 3.63) is 144 Å². The van der Waals surface area contributed by atoms with Gasteiger partial charge in [0.25, 0.3) is 5.91 Å². The molecule has 0 heterocycles. The number of amides is 1. The van der Waals surface area contributed by atoms with E-state index in [0.717, 1.165) is 24.2 Å². The molecule has 0 aliphatic heterocycles. The molecule has 44 heavy (non-hydrogen) atoms. The van der Waals surface area contributed by atoms with Crippen molar-refractivity contribution in [3.63, 3.8) is 0 Å². The zero-order valence-corrected chi connectivity index (χ0v) is 25.9. The van der Waals surface area contributed by atoms with E-state index >= 15 is 0 Å². The number of nitrogens with zero attached hydrogens (tertiary/aromatic N) is 1. The van der Waals surface area contributed by atoms with E-state index in [9.17, 15) is 19.2 Å². The molecule has 232 valence electrons. The second-order valence-corrected chi connectivity index (χ2v) is 11.4. The monoisotopic (exact) mass is 616 g/mol. The highest BCUT2D eigenvalue weighted by molar-refractivity contribution is 7.92. The predicted octanol–water partition coefficient (Wildman–Crippen LogP) is 4.84. The topological polar surface area (TPSA) is 122 Å². The van der Waals surface area contributed by atoms with Gasteiger partial charge in [0, 0.05) is 17.7 Å². The molecule has 0 bridgehead atoms. The van der Waals surface area contributed by atoms with Gasteiger partial charge in [-0.15, -0.1) is 0 Å². The van der Waals surface area contributed by atoms with E-state index in [1.165, 1.54) is 5.48 Å². The first-order valence-electron chi connectivity index (χ1n) is 14.5. The van der Waals surface area contributed by atoms with Crippen molar-refractivity contribution >= 4 is 23.1 Å². The van der Waals surface area contributed by atoms with Crippen molar-refractivity contribution < 1.29 is 29.2 Å². The summed E-state index contributed by atoms with van der Waals surface area (Å²) in [6.07, 6.45) is 0. The minimum absolute atomic E-state index is 0.245. The number of esters is 1. The fraction of sp³-hybridized carbons (Fsp3) is 0.257. The van der Waals surface area contributed by atoms with E-state index < -0.39 is 33.9 Å². The Morgan fingerprint density at radius 1 is 0.795 bits per heavy atom. The van der Waals surface area contributed by atoms with Crippen LogP contribution >= 0.6 is 0 Å². The van der Waals surface area contributed by atoms with Gasteiger partial charge in [0.05, 0.1) is 0 Å². The van der Waals surface area contributed by atoms with Crippen molar-refractivity contribution in [1.29, 1.82) is 0 Å². The van der Waals surface area contributed by atoms with Gasteiger partial charge in [-0.25, -0.2) is 10.3 Å². The van der Waals surface area contributed by atoms with Crippen molar-refractivity contribution in [3.8, 4) is 0 Å². The largest absolute Gasteiger partial charge is 0.615 e. The Morgan fingerprint density at radius 2 is 1.20 bits per heavy atom. The number of hydrogen-bond acceptors (Lipinski definition) is 7. The summed E-state index contributed by atoms with van der Waals surface area (Å²) in [4.78, 5) is 26.1. The Kier molecular flexibility index (Phi) is 14.1. The van der Waals surface area contributed by atoms with Gasteiger partial charge in [0.15, 0.2) is 11.0 Å². The predicted molar refractivity (Wildman–Crippen MR) is 172 cm³/mol. The molecular formula is C35H40N2O6S. The van der Waals surface area contributed by atoms with Gasteiger partial charge in [0.1, 0.15) is 6.61 Å². The molecule has 8 nitrogen and oxygen atoms in total. The molecule has 1 unspecified atom stereocenters. The van der Waals surface area contributed by atoms with Crippen molar-refractivity contribution in [2.24, 2.45) is 0 Å². The second kappa shape index (κ2) is 18.0. The standard InChI is InChI=1S/C20H25NO3.C15H15NO3S/c1-3-21(4-2)15-16-24-19(22)20(23,17-11-7-5-8-12-17)18-13-9-6-10-14-18;17-14(16-18)11-20(19)15(12-7-3-1-4-8-12)13-9-5-2-6-10-13/h5-14,23H,3-4,15-16H2,1-2H3;1-10,15,18H,11H2,(H,16,17). The molecule has 0 fully saturated rings. The first-order chi connectivity index (χ1) is 21.3. The molecule has 4 aromatic rings. The number of aliphatic hydroxyl groups is 1. The lowest BCUT2D eigenvalue weighted by atomic mass is 9.86. The highest BCUT2D eigenvalue weighted by Gasteiger charge is 2.41. The SMILES string of the molecule is CCN(CC)CCOC(=O)C(O)(c1ccccc1)c1ccccc1.O=C(C[S+]([O-])C(c1ccccc1)c1ccccc1)NO. The van der Waals surface area contributed by atoms with Crippen LogP contribution in [0.25, 0.3) is 0 Å². The molecule has 0 saturated heterocycles. The maximum Gasteiger partial charge on any atom is 0.347 e. The lowest BCUT2D eigenvalue weighted by Crippen LogP contribution is -2.40. The Bertz CT molecular complexity index is 1310. The van der Waals surface area contributed by atoms with Gasteiger partial charge < -0.3 is 19.3 Å². The van der Waals surface area contributed by atoms with Crippen LogP contribution in [0.2, 0.25) is 0 Å². The van der Waals surface area contributed by atoms with Crippen molar-refractivity contribution in [2.75, 3.05) is 32.0 Å². The maximum atomic E-state index is 12.7. The number of hydrogen-bond donors (Lipinski definition) is 3. The molecule has 0 aliphatic rings. The van der Waals surface area contributed by atoms with E-state index in [0.29, 0.717) is 17.7 Å². The van der Waals surface area contributed by atoms with Crippen LogP contribution in [-0.2, 0) is 31.1 Å². The third-order valence-electron chi connectivity index (χ3n) is 7.08. The number of benzene rings is 4. The summed E-state index contributed by atoms with van der Waals surface area (Å²) in [5, 5.41) is 19.4. The molecule has 4 aromatic carbocycles. The van der Waals surface area contributed by atoms with Crippen molar-refractivity contribution in [1.82, 2.24) is 10.4 Å². The molecular weight excluding hydrogens is 576 g/mol. The first kappa shape index (κ1) is 34.5. The van der Waals surface area contributed by atoms with E-state index in [1.54, 1.807) is 48.5 Å². The fourth-order valence-corrected chi connectivity index (χ4v) is 6.08. The van der Waals surface area contributed by atoms with Gasteiger partial charge in [-0.2, -0.15) is 0 Å². The van der Waals surface area contributed by atoms with Crippen LogP contribution in [0.4, 0.5) is 0 Å². The highest BCUT2D eigenvalue weighted by atomic mass is 32.2. The van der Waals surface area contributed by atoms with Gasteiger partial charge in [-0.3, -0.25) is 10.0 Å². The Hall–Kier alpha value is -3.99. The van der Waals surface area contributed by atoms with Crippen LogP contribution in [0.5, 0.6) is 0 Å². The summed E-state index contributed by atoms with van der Waals surface area (Å²) in [6.45, 7) is 6.83. The minimum Gasteiger partial charge on any atom is -0.615 e. The normalized spacial score (nSPS) is 11.8. The van der Waals surface area contributed by atoms with E-state index in [2.05, 4.69) is 18.7 Å². The molecule has 9 heteroatoms. The number of nitrogens with one attached hydrogen (secondary N) is 1. The molecule has 0 spiro atoms. The van der Waals surface area contributed by atoms with E-state index in [4.69, 9.17) is 9.94 Å². The van der Waals surface area contributed by atoms with Gasteiger partial charge in [0.2, 0.25) is 5.60 Å².